The van der Waals surface area contributed by atoms with Crippen LogP contribution >= 0.6 is 11.3 Å². The van der Waals surface area contributed by atoms with E-state index in [0.29, 0.717) is 36.0 Å². The average molecular weight is 569 g/mol. The van der Waals surface area contributed by atoms with Crippen LogP contribution in [0.15, 0.2) is 36.4 Å². The molecule has 2 amide bonds. The van der Waals surface area contributed by atoms with Crippen LogP contribution in [0.25, 0.3) is 0 Å². The molecule has 1 saturated carbocycles. The van der Waals surface area contributed by atoms with E-state index < -0.39 is 23.6 Å². The maximum absolute atomic E-state index is 13.7. The minimum atomic E-state index is -0.850. The second kappa shape index (κ2) is 13.1. The highest BCUT2D eigenvalue weighted by molar-refractivity contribution is 7.13. The molecule has 2 aromatic rings. The highest BCUT2D eigenvalue weighted by Crippen LogP contribution is 2.34. The van der Waals surface area contributed by atoms with Gasteiger partial charge in [-0.3, -0.25) is 19.2 Å². The molecule has 9 heteroatoms. The van der Waals surface area contributed by atoms with Gasteiger partial charge in [0.15, 0.2) is 11.6 Å². The fourth-order valence-electron chi connectivity index (χ4n) is 5.35. The van der Waals surface area contributed by atoms with Gasteiger partial charge in [0, 0.05) is 17.2 Å². The van der Waals surface area contributed by atoms with Crippen LogP contribution in [0.4, 0.5) is 0 Å². The van der Waals surface area contributed by atoms with Crippen LogP contribution in [-0.2, 0) is 25.5 Å². The van der Waals surface area contributed by atoms with Crippen molar-refractivity contribution in [3.8, 4) is 5.75 Å². The minimum absolute atomic E-state index is 0.0686. The number of benzene rings is 1. The first-order valence-corrected chi connectivity index (χ1v) is 14.9. The zero-order chi connectivity index (χ0) is 28.9. The van der Waals surface area contributed by atoms with Gasteiger partial charge in [0.05, 0.1) is 30.7 Å². The molecule has 1 aliphatic heterocycles. The van der Waals surface area contributed by atoms with Gasteiger partial charge in [0.25, 0.3) is 5.91 Å². The summed E-state index contributed by atoms with van der Waals surface area (Å²) >= 11 is 1.36. The number of epoxide rings is 1. The number of carbonyl (C=O) groups is 4. The highest BCUT2D eigenvalue weighted by atomic mass is 32.1. The topological polar surface area (TPSA) is 114 Å². The molecule has 4 rings (SSSR count). The van der Waals surface area contributed by atoms with Crippen LogP contribution in [0.3, 0.4) is 0 Å². The molecule has 8 nitrogen and oxygen atoms in total. The summed E-state index contributed by atoms with van der Waals surface area (Å²) in [7, 11) is 1.59. The molecule has 1 aliphatic carbocycles. The van der Waals surface area contributed by atoms with Crippen molar-refractivity contribution >= 4 is 34.7 Å². The van der Waals surface area contributed by atoms with Gasteiger partial charge in [-0.1, -0.05) is 37.8 Å². The van der Waals surface area contributed by atoms with Crippen LogP contribution in [0, 0.1) is 18.8 Å². The Hall–Kier alpha value is -3.04. The predicted molar refractivity (Wildman–Crippen MR) is 154 cm³/mol. The zero-order valence-corrected chi connectivity index (χ0v) is 24.6. The lowest BCUT2D eigenvalue weighted by Crippen LogP contribution is -2.49. The fourth-order valence-corrected chi connectivity index (χ4v) is 6.12. The summed E-state index contributed by atoms with van der Waals surface area (Å²) in [6.07, 6.45) is 5.19. The average Bonchev–Trinajstić information content (AvgIpc) is 3.28. The fraction of sp³-hybridized carbons (Fsp3) is 0.548. The van der Waals surface area contributed by atoms with E-state index in [9.17, 15) is 19.2 Å². The molecule has 0 bridgehead atoms. The molecule has 1 saturated heterocycles. The third-order valence-electron chi connectivity index (χ3n) is 8.03. The van der Waals surface area contributed by atoms with Crippen LogP contribution in [-0.4, -0.2) is 54.8 Å². The van der Waals surface area contributed by atoms with E-state index in [2.05, 4.69) is 10.6 Å². The van der Waals surface area contributed by atoms with Gasteiger partial charge in [0.1, 0.15) is 11.4 Å². The number of thiophene rings is 1. The summed E-state index contributed by atoms with van der Waals surface area (Å²) in [4.78, 5) is 54.5. The Kier molecular flexibility index (Phi) is 9.79. The lowest BCUT2D eigenvalue weighted by atomic mass is 9.88. The zero-order valence-electron chi connectivity index (χ0n) is 23.8. The van der Waals surface area contributed by atoms with Crippen molar-refractivity contribution in [3.05, 3.63) is 51.7 Å². The second-order valence-electron chi connectivity index (χ2n) is 11.4. The van der Waals surface area contributed by atoms with Gasteiger partial charge in [-0.2, -0.15) is 0 Å². The van der Waals surface area contributed by atoms with Gasteiger partial charge in [-0.15, -0.1) is 11.3 Å². The molecule has 2 fully saturated rings. The summed E-state index contributed by atoms with van der Waals surface area (Å²) in [5.74, 6) is -0.626. The first-order chi connectivity index (χ1) is 19.1. The van der Waals surface area contributed by atoms with Crippen molar-refractivity contribution < 1.29 is 28.7 Å². The molecule has 0 radical (unpaired) electrons. The number of ketones is 2. The standard InChI is InChI=1S/C31H40N2O6S/c1-19-9-14-27(40-19)30(37)32-20(2)26(34)17-23(15-22-10-12-24(38-4)13-11-22)29(36)33-25(16-21-7-5-6-8-21)28(35)31(3)18-39-31/h9-14,20-21,23,25H,5-8,15-18H2,1-4H3,(H,32,37)(H,33,36)/t20-,23+,25-,31+/m0/s1. The molecule has 1 aromatic heterocycles. The molecular formula is C31H40N2O6S. The second-order valence-corrected chi connectivity index (χ2v) is 12.6. The smallest absolute Gasteiger partial charge is 0.261 e. The van der Waals surface area contributed by atoms with Gasteiger partial charge >= 0.3 is 0 Å². The molecule has 0 spiro atoms. The van der Waals surface area contributed by atoms with Crippen LogP contribution < -0.4 is 15.4 Å². The highest BCUT2D eigenvalue weighted by Gasteiger charge is 2.50. The van der Waals surface area contributed by atoms with E-state index in [1.54, 1.807) is 27.0 Å². The first-order valence-electron chi connectivity index (χ1n) is 14.1. The van der Waals surface area contributed by atoms with E-state index in [-0.39, 0.29) is 29.8 Å². The number of ether oxygens (including phenoxy) is 2. The van der Waals surface area contributed by atoms with E-state index in [1.165, 1.54) is 11.3 Å². The molecule has 2 N–H and O–H groups in total. The number of hydrogen-bond donors (Lipinski definition) is 2. The molecule has 0 unspecified atom stereocenters. The van der Waals surface area contributed by atoms with Gasteiger partial charge in [0.2, 0.25) is 5.91 Å². The van der Waals surface area contributed by atoms with Gasteiger partial charge < -0.3 is 20.1 Å². The number of carbonyl (C=O) groups excluding carboxylic acids is 4. The lowest BCUT2D eigenvalue weighted by Gasteiger charge is -2.26. The van der Waals surface area contributed by atoms with Gasteiger partial charge in [-0.25, -0.2) is 0 Å². The Morgan fingerprint density at radius 1 is 1.07 bits per heavy atom. The van der Waals surface area contributed by atoms with E-state index in [0.717, 1.165) is 36.1 Å². The summed E-state index contributed by atoms with van der Waals surface area (Å²) in [5, 5.41) is 5.79. The van der Waals surface area contributed by atoms with Crippen LogP contribution in [0.5, 0.6) is 5.75 Å². The maximum Gasteiger partial charge on any atom is 0.261 e. The van der Waals surface area contributed by atoms with Crippen molar-refractivity contribution in [1.82, 2.24) is 10.6 Å². The number of rotatable bonds is 14. The van der Waals surface area contributed by atoms with Crippen molar-refractivity contribution in [2.45, 2.75) is 83.4 Å². The van der Waals surface area contributed by atoms with Crippen LogP contribution in [0.2, 0.25) is 0 Å². The molecule has 216 valence electrons. The number of hydrogen-bond acceptors (Lipinski definition) is 7. The van der Waals surface area contributed by atoms with Crippen molar-refractivity contribution in [3.63, 3.8) is 0 Å². The number of nitrogens with one attached hydrogen (secondary N) is 2. The van der Waals surface area contributed by atoms with E-state index in [4.69, 9.17) is 9.47 Å². The molecular weight excluding hydrogens is 528 g/mol. The summed E-state index contributed by atoms with van der Waals surface area (Å²) in [6.45, 7) is 5.68. The summed E-state index contributed by atoms with van der Waals surface area (Å²) < 4.78 is 10.7. The summed E-state index contributed by atoms with van der Waals surface area (Å²) in [5.41, 5.74) is 0.0206. The Balaban J connectivity index is 1.48. The van der Waals surface area contributed by atoms with E-state index >= 15 is 0 Å². The Labute approximate surface area is 240 Å². The lowest BCUT2D eigenvalue weighted by molar-refractivity contribution is -0.134. The monoisotopic (exact) mass is 568 g/mol. The van der Waals surface area contributed by atoms with Crippen molar-refractivity contribution in [1.29, 1.82) is 0 Å². The quantitative estimate of drug-likeness (QED) is 0.326. The Morgan fingerprint density at radius 3 is 2.33 bits per heavy atom. The number of methoxy groups -OCH3 is 1. The Bertz CT molecular complexity index is 1210. The summed E-state index contributed by atoms with van der Waals surface area (Å²) in [6, 6.07) is 9.54. The third kappa shape index (κ3) is 7.79. The Morgan fingerprint density at radius 2 is 1.75 bits per heavy atom. The van der Waals surface area contributed by atoms with Crippen molar-refractivity contribution in [2.24, 2.45) is 11.8 Å². The molecule has 2 heterocycles. The number of amides is 2. The number of Topliss-reactive ketones (excluding diaryl/α,β-unsaturated/α-hetero) is 2. The third-order valence-corrected chi connectivity index (χ3v) is 9.03. The molecule has 2 aliphatic rings. The normalized spacial score (nSPS) is 20.8. The first kappa shape index (κ1) is 29.9. The molecule has 40 heavy (non-hydrogen) atoms. The van der Waals surface area contributed by atoms with Crippen LogP contribution in [0.1, 0.15) is 72.5 Å². The SMILES string of the molecule is COc1ccc(C[C@H](CC(=O)[C@H](C)NC(=O)c2ccc(C)s2)C(=O)N[C@@H](CC2CCCC2)C(=O)[C@@]2(C)CO2)cc1. The largest absolute Gasteiger partial charge is 0.497 e. The maximum atomic E-state index is 13.7. The predicted octanol–water partition coefficient (Wildman–Crippen LogP) is 4.42. The number of aryl methyl sites for hydroxylation is 1. The van der Waals surface area contributed by atoms with Crippen molar-refractivity contribution in [2.75, 3.05) is 13.7 Å². The molecule has 1 aromatic carbocycles. The van der Waals surface area contributed by atoms with Gasteiger partial charge in [-0.05, 0) is 69.4 Å². The van der Waals surface area contributed by atoms with E-state index in [1.807, 2.05) is 37.3 Å². The minimum Gasteiger partial charge on any atom is -0.497 e. The molecule has 4 atom stereocenters.